The quantitative estimate of drug-likeness (QED) is 0.255. The van der Waals surface area contributed by atoms with E-state index in [1.165, 1.54) is 0 Å². The maximum absolute atomic E-state index is 13.7. The highest BCUT2D eigenvalue weighted by atomic mass is 127. The molecule has 2 aromatic carbocycles. The Kier molecular flexibility index (Phi) is 9.47. The predicted molar refractivity (Wildman–Crippen MR) is 131 cm³/mol. The van der Waals surface area contributed by atoms with Crippen LogP contribution in [0.5, 0.6) is 0 Å². The van der Waals surface area contributed by atoms with Crippen LogP contribution in [0, 0.1) is 10.5 Å². The first-order valence-corrected chi connectivity index (χ1v) is 12.8. The van der Waals surface area contributed by atoms with E-state index in [0.29, 0.717) is 13.2 Å². The summed E-state index contributed by atoms with van der Waals surface area (Å²) in [6.07, 6.45) is 0. The van der Waals surface area contributed by atoms with Crippen molar-refractivity contribution < 1.29 is 13.6 Å². The van der Waals surface area contributed by atoms with Gasteiger partial charge in [0, 0.05) is 28.0 Å². The van der Waals surface area contributed by atoms with E-state index in [9.17, 15) is 4.57 Å². The van der Waals surface area contributed by atoms with Crippen molar-refractivity contribution in [3.05, 3.63) is 57.2 Å². The molecule has 0 heterocycles. The average Bonchev–Trinajstić information content (AvgIpc) is 2.69. The first kappa shape index (κ1) is 24.2. The Hall–Kier alpha value is -1.08. The van der Waals surface area contributed by atoms with E-state index in [1.807, 2.05) is 45.0 Å². The van der Waals surface area contributed by atoms with Crippen LogP contribution in [0.4, 0.5) is 11.4 Å². The number of halogens is 1. The monoisotopic (exact) mass is 530 g/mol. The fraction of sp³-hybridized carbons (Fsp3) is 0.455. The van der Waals surface area contributed by atoms with E-state index >= 15 is 0 Å². The van der Waals surface area contributed by atoms with Crippen molar-refractivity contribution in [2.24, 2.45) is 0 Å². The summed E-state index contributed by atoms with van der Waals surface area (Å²) in [5.74, 6) is -0.591. The minimum absolute atomic E-state index is 0.318. The van der Waals surface area contributed by atoms with Gasteiger partial charge in [-0.2, -0.15) is 0 Å². The highest BCUT2D eigenvalue weighted by molar-refractivity contribution is 14.1. The molecule has 1 N–H and O–H groups in total. The van der Waals surface area contributed by atoms with Crippen molar-refractivity contribution in [2.45, 2.75) is 40.4 Å². The first-order valence-electron chi connectivity index (χ1n) is 10.1. The Bertz CT molecular complexity index is 815. The van der Waals surface area contributed by atoms with E-state index in [-0.39, 0.29) is 0 Å². The van der Waals surface area contributed by atoms with Crippen LogP contribution in [0.2, 0.25) is 0 Å². The Morgan fingerprint density at radius 1 is 1.00 bits per heavy atom. The summed E-state index contributed by atoms with van der Waals surface area (Å²) in [7, 11) is -3.43. The Morgan fingerprint density at radius 3 is 2.07 bits per heavy atom. The van der Waals surface area contributed by atoms with Gasteiger partial charge in [-0.25, -0.2) is 0 Å². The molecule has 5 nitrogen and oxygen atoms in total. The van der Waals surface area contributed by atoms with Crippen molar-refractivity contribution in [1.29, 1.82) is 0 Å². The van der Waals surface area contributed by atoms with E-state index in [1.54, 1.807) is 0 Å². The van der Waals surface area contributed by atoms with Crippen LogP contribution in [0.15, 0.2) is 42.5 Å². The van der Waals surface area contributed by atoms with Gasteiger partial charge in [-0.05, 0) is 98.7 Å². The van der Waals surface area contributed by atoms with Crippen LogP contribution in [-0.4, -0.2) is 26.3 Å². The zero-order valence-corrected chi connectivity index (χ0v) is 21.0. The normalized spacial score (nSPS) is 12.6. The molecule has 1 atom stereocenters. The molecular weight excluding hydrogens is 498 g/mol. The lowest BCUT2D eigenvalue weighted by Gasteiger charge is -2.29. The molecule has 0 aliphatic carbocycles. The molecule has 0 aliphatic rings. The molecule has 7 heteroatoms. The number of hydrogen-bond acceptors (Lipinski definition) is 5. The molecule has 0 bridgehead atoms. The second-order valence-electron chi connectivity index (χ2n) is 6.65. The highest BCUT2D eigenvalue weighted by Crippen LogP contribution is 2.61. The number of hydrogen-bond donors (Lipinski definition) is 1. The van der Waals surface area contributed by atoms with Gasteiger partial charge in [0.05, 0.1) is 13.2 Å². The van der Waals surface area contributed by atoms with Crippen molar-refractivity contribution in [3.63, 3.8) is 0 Å². The number of anilines is 2. The van der Waals surface area contributed by atoms with Gasteiger partial charge in [0.15, 0.2) is 5.78 Å². The van der Waals surface area contributed by atoms with E-state index in [0.717, 1.165) is 39.2 Å². The Balaban J connectivity index is 2.47. The molecule has 29 heavy (non-hydrogen) atoms. The maximum atomic E-state index is 13.7. The van der Waals surface area contributed by atoms with Crippen LogP contribution in [-0.2, 0) is 13.6 Å². The maximum Gasteiger partial charge on any atom is 0.357 e. The second-order valence-corrected chi connectivity index (χ2v) is 10.0. The molecule has 0 saturated heterocycles. The van der Waals surface area contributed by atoms with Crippen LogP contribution in [0.1, 0.15) is 44.6 Å². The number of aryl methyl sites for hydroxylation is 1. The molecule has 160 valence electrons. The fourth-order valence-corrected chi connectivity index (χ4v) is 5.86. The SMILES string of the molecule is CCOP(=O)(OCC)C(Nc1ccc(I)cc1C)c1ccc(N(CC)CC)cc1. The molecule has 2 rings (SSSR count). The van der Waals surface area contributed by atoms with Gasteiger partial charge in [-0.15, -0.1) is 0 Å². The third kappa shape index (κ3) is 6.20. The number of nitrogens with zero attached hydrogens (tertiary/aromatic N) is 1. The van der Waals surface area contributed by atoms with E-state index in [4.69, 9.17) is 9.05 Å². The van der Waals surface area contributed by atoms with Crippen molar-refractivity contribution in [1.82, 2.24) is 0 Å². The lowest BCUT2D eigenvalue weighted by molar-refractivity contribution is 0.214. The average molecular weight is 530 g/mol. The van der Waals surface area contributed by atoms with Crippen LogP contribution >= 0.6 is 30.2 Å². The third-order valence-corrected chi connectivity index (χ3v) is 7.72. The first-order chi connectivity index (χ1) is 13.9. The summed E-state index contributed by atoms with van der Waals surface area (Å²) in [4.78, 5) is 2.28. The predicted octanol–water partition coefficient (Wildman–Crippen LogP) is 6.82. The minimum Gasteiger partial charge on any atom is -0.372 e. The molecule has 2 aromatic rings. The zero-order valence-electron chi connectivity index (χ0n) is 17.9. The smallest absolute Gasteiger partial charge is 0.357 e. The summed E-state index contributed by atoms with van der Waals surface area (Å²) < 4.78 is 26.3. The van der Waals surface area contributed by atoms with Crippen LogP contribution in [0.25, 0.3) is 0 Å². The highest BCUT2D eigenvalue weighted by Gasteiger charge is 2.37. The van der Waals surface area contributed by atoms with Gasteiger partial charge in [0.25, 0.3) is 0 Å². The summed E-state index contributed by atoms with van der Waals surface area (Å²) in [6, 6.07) is 14.3. The van der Waals surface area contributed by atoms with Gasteiger partial charge in [0.2, 0.25) is 0 Å². The molecule has 0 aliphatic heterocycles. The minimum atomic E-state index is -3.43. The molecule has 0 aromatic heterocycles. The van der Waals surface area contributed by atoms with Crippen molar-refractivity contribution in [2.75, 3.05) is 36.5 Å². The molecule has 1 unspecified atom stereocenters. The Labute approximate surface area is 188 Å². The second kappa shape index (κ2) is 11.3. The lowest BCUT2D eigenvalue weighted by atomic mass is 10.1. The number of nitrogens with one attached hydrogen (secondary N) is 1. The van der Waals surface area contributed by atoms with Crippen molar-refractivity contribution >= 4 is 41.6 Å². The summed E-state index contributed by atoms with van der Waals surface area (Å²) in [5.41, 5.74) is 4.03. The lowest BCUT2D eigenvalue weighted by Crippen LogP contribution is -2.22. The van der Waals surface area contributed by atoms with Gasteiger partial charge in [-0.3, -0.25) is 4.57 Å². The zero-order chi connectivity index (χ0) is 21.4. The largest absolute Gasteiger partial charge is 0.372 e. The molecule has 0 amide bonds. The molecular formula is C22H32IN2O3P. The Morgan fingerprint density at radius 2 is 1.59 bits per heavy atom. The van der Waals surface area contributed by atoms with Gasteiger partial charge >= 0.3 is 7.60 Å². The fourth-order valence-electron chi connectivity index (χ4n) is 3.28. The van der Waals surface area contributed by atoms with Crippen molar-refractivity contribution in [3.8, 4) is 0 Å². The van der Waals surface area contributed by atoms with E-state index < -0.39 is 13.4 Å². The molecule has 0 radical (unpaired) electrons. The van der Waals surface area contributed by atoms with Gasteiger partial charge in [0.1, 0.15) is 0 Å². The van der Waals surface area contributed by atoms with Gasteiger partial charge in [-0.1, -0.05) is 12.1 Å². The topological polar surface area (TPSA) is 50.8 Å². The van der Waals surface area contributed by atoms with Crippen LogP contribution in [0.3, 0.4) is 0 Å². The standard InChI is InChI=1S/C22H32IN2O3P/c1-6-25(7-2)20-13-10-18(11-14-20)22(29(26,27-8-3)28-9-4)24-21-15-12-19(23)16-17(21)5/h10-16,22,24H,6-9H2,1-5H3. The summed E-state index contributed by atoms with van der Waals surface area (Å²) in [6.45, 7) is 12.5. The number of rotatable bonds is 11. The van der Waals surface area contributed by atoms with E-state index in [2.05, 4.69) is 64.9 Å². The molecule has 0 spiro atoms. The molecule has 0 fully saturated rings. The number of benzene rings is 2. The summed E-state index contributed by atoms with van der Waals surface area (Å²) in [5, 5.41) is 3.45. The molecule has 0 saturated carbocycles. The summed E-state index contributed by atoms with van der Waals surface area (Å²) >= 11 is 2.29. The van der Waals surface area contributed by atoms with Crippen LogP contribution < -0.4 is 10.2 Å². The third-order valence-electron chi connectivity index (χ3n) is 4.75. The van der Waals surface area contributed by atoms with Gasteiger partial charge < -0.3 is 19.3 Å².